The molecule has 3 fully saturated rings. The standard InChI is InChI=1S/C20H24N2O2.C4H11NO2/c1-3-13-12-22-9-7-14(13)10-19(22)20(23)16-6-8-21-18-5-4-15(24-2)11-17(16)18;6-3-1-5-2-4-7/h3-6,8,11,13-14,19-20,23H,1,7,9-10,12H2,2H3;5-7H,1-4H2/t13-,14-,19+,20-;/m0./s1. The van der Waals surface area contributed by atoms with Gasteiger partial charge in [-0.3, -0.25) is 9.88 Å². The van der Waals surface area contributed by atoms with Crippen LogP contribution in [0, 0.1) is 11.8 Å². The van der Waals surface area contributed by atoms with Crippen molar-refractivity contribution >= 4 is 10.9 Å². The van der Waals surface area contributed by atoms with Crippen molar-refractivity contribution in [2.75, 3.05) is 46.5 Å². The second kappa shape index (κ2) is 11.5. The first-order valence-corrected chi connectivity index (χ1v) is 11.0. The monoisotopic (exact) mass is 429 g/mol. The molecule has 0 spiro atoms. The molecule has 3 saturated heterocycles. The van der Waals surface area contributed by atoms with Gasteiger partial charge >= 0.3 is 0 Å². The number of nitrogens with zero attached hydrogens (tertiary/aromatic N) is 2. The molecule has 1 aromatic carbocycles. The molecule has 7 heteroatoms. The third-order valence-corrected chi connectivity index (χ3v) is 6.40. The Morgan fingerprint density at radius 1 is 1.29 bits per heavy atom. The van der Waals surface area contributed by atoms with Crippen molar-refractivity contribution in [3.63, 3.8) is 0 Å². The fraction of sp³-hybridized carbons (Fsp3) is 0.542. The fourth-order valence-electron chi connectivity index (χ4n) is 4.73. The van der Waals surface area contributed by atoms with Gasteiger partial charge in [0.05, 0.1) is 31.9 Å². The van der Waals surface area contributed by atoms with Gasteiger partial charge in [0.2, 0.25) is 0 Å². The van der Waals surface area contributed by atoms with Gasteiger partial charge in [0, 0.05) is 37.3 Å². The Hall–Kier alpha value is -2.03. The summed E-state index contributed by atoms with van der Waals surface area (Å²) >= 11 is 0. The quantitative estimate of drug-likeness (QED) is 0.375. The second-order valence-corrected chi connectivity index (χ2v) is 8.17. The summed E-state index contributed by atoms with van der Waals surface area (Å²) in [7, 11) is 1.66. The van der Waals surface area contributed by atoms with Gasteiger partial charge in [-0.25, -0.2) is 0 Å². The van der Waals surface area contributed by atoms with E-state index in [0.717, 1.165) is 41.7 Å². The van der Waals surface area contributed by atoms with Gasteiger partial charge in [0.15, 0.2) is 0 Å². The Morgan fingerprint density at radius 2 is 2.06 bits per heavy atom. The number of fused-ring (bicyclic) bond motifs is 4. The van der Waals surface area contributed by atoms with Crippen LogP contribution in [0.5, 0.6) is 5.75 Å². The van der Waals surface area contributed by atoms with Crippen LogP contribution in [0.4, 0.5) is 0 Å². The molecular weight excluding hydrogens is 394 g/mol. The molecular formula is C24H35N3O4. The van der Waals surface area contributed by atoms with E-state index in [4.69, 9.17) is 14.9 Å². The molecule has 3 aliphatic rings. The molecule has 5 rings (SSSR count). The molecule has 5 atom stereocenters. The SMILES string of the molecule is C=C[C@H]1CN2CC[C@H]1C[C@@H]2[C@@H](O)c1ccnc2ccc(OC)cc12.OCCNCCO. The van der Waals surface area contributed by atoms with E-state index in [1.165, 1.54) is 6.42 Å². The van der Waals surface area contributed by atoms with Crippen LogP contribution in [0.2, 0.25) is 0 Å². The summed E-state index contributed by atoms with van der Waals surface area (Å²) in [5, 5.41) is 31.2. The minimum atomic E-state index is -0.504. The summed E-state index contributed by atoms with van der Waals surface area (Å²) in [4.78, 5) is 6.86. The van der Waals surface area contributed by atoms with Gasteiger partial charge in [-0.1, -0.05) is 6.08 Å². The number of ether oxygens (including phenoxy) is 1. The molecule has 2 bridgehead atoms. The third kappa shape index (κ3) is 5.61. The molecule has 4 N–H and O–H groups in total. The van der Waals surface area contributed by atoms with Crippen molar-refractivity contribution in [1.82, 2.24) is 15.2 Å². The molecule has 3 aliphatic heterocycles. The Balaban J connectivity index is 0.000000339. The maximum absolute atomic E-state index is 11.2. The van der Waals surface area contributed by atoms with E-state index in [-0.39, 0.29) is 19.3 Å². The first kappa shape index (κ1) is 23.6. The number of aromatic nitrogens is 1. The number of hydrogen-bond donors (Lipinski definition) is 4. The van der Waals surface area contributed by atoms with E-state index < -0.39 is 6.10 Å². The summed E-state index contributed by atoms with van der Waals surface area (Å²) in [6.07, 6.45) is 5.62. The van der Waals surface area contributed by atoms with Crippen molar-refractivity contribution in [3.8, 4) is 5.75 Å². The van der Waals surface area contributed by atoms with E-state index in [9.17, 15) is 5.11 Å². The zero-order chi connectivity index (χ0) is 22.2. The molecule has 4 heterocycles. The number of piperidine rings is 3. The Kier molecular flexibility index (Phi) is 8.80. The predicted molar refractivity (Wildman–Crippen MR) is 122 cm³/mol. The van der Waals surface area contributed by atoms with Gasteiger partial charge in [-0.15, -0.1) is 6.58 Å². The molecule has 1 aromatic heterocycles. The highest BCUT2D eigenvalue weighted by Gasteiger charge is 2.42. The van der Waals surface area contributed by atoms with Crippen LogP contribution < -0.4 is 10.1 Å². The summed E-state index contributed by atoms with van der Waals surface area (Å²) in [6.45, 7) is 7.49. The van der Waals surface area contributed by atoms with Crippen molar-refractivity contribution < 1.29 is 20.1 Å². The lowest BCUT2D eigenvalue weighted by Gasteiger charge is -2.50. The maximum Gasteiger partial charge on any atom is 0.119 e. The van der Waals surface area contributed by atoms with Crippen LogP contribution >= 0.6 is 0 Å². The van der Waals surface area contributed by atoms with Crippen LogP contribution in [-0.2, 0) is 0 Å². The van der Waals surface area contributed by atoms with Gasteiger partial charge in [0.1, 0.15) is 5.75 Å². The summed E-state index contributed by atoms with van der Waals surface area (Å²) in [6, 6.07) is 7.96. The highest BCUT2D eigenvalue weighted by atomic mass is 16.5. The summed E-state index contributed by atoms with van der Waals surface area (Å²) < 4.78 is 5.35. The number of rotatable bonds is 8. The Morgan fingerprint density at radius 3 is 2.68 bits per heavy atom. The Labute approximate surface area is 184 Å². The maximum atomic E-state index is 11.2. The fourth-order valence-corrected chi connectivity index (χ4v) is 4.73. The number of aliphatic hydroxyl groups is 3. The minimum Gasteiger partial charge on any atom is -0.497 e. The summed E-state index contributed by atoms with van der Waals surface area (Å²) in [5.41, 5.74) is 1.85. The predicted octanol–water partition coefficient (Wildman–Crippen LogP) is 1.73. The molecule has 0 amide bonds. The summed E-state index contributed by atoms with van der Waals surface area (Å²) in [5.74, 6) is 2.01. The average molecular weight is 430 g/mol. The van der Waals surface area contributed by atoms with Gasteiger partial charge in [-0.2, -0.15) is 0 Å². The average Bonchev–Trinajstić information content (AvgIpc) is 2.83. The van der Waals surface area contributed by atoms with Crippen molar-refractivity contribution in [3.05, 3.63) is 48.7 Å². The highest BCUT2D eigenvalue weighted by molar-refractivity contribution is 5.83. The number of methoxy groups -OCH3 is 1. The second-order valence-electron chi connectivity index (χ2n) is 8.17. The molecule has 0 aliphatic carbocycles. The topological polar surface area (TPSA) is 98.1 Å². The normalized spacial score (nSPS) is 25.5. The molecule has 170 valence electrons. The molecule has 0 radical (unpaired) electrons. The lowest BCUT2D eigenvalue weighted by molar-refractivity contribution is -0.0444. The lowest BCUT2D eigenvalue weighted by atomic mass is 9.73. The number of benzene rings is 1. The van der Waals surface area contributed by atoms with Gasteiger partial charge in [-0.05, 0) is 61.1 Å². The van der Waals surface area contributed by atoms with Crippen molar-refractivity contribution in [1.29, 1.82) is 0 Å². The zero-order valence-electron chi connectivity index (χ0n) is 18.3. The minimum absolute atomic E-state index is 0.139. The third-order valence-electron chi connectivity index (χ3n) is 6.40. The van der Waals surface area contributed by atoms with E-state index in [2.05, 4.69) is 27.9 Å². The molecule has 0 saturated carbocycles. The highest BCUT2D eigenvalue weighted by Crippen LogP contribution is 2.42. The van der Waals surface area contributed by atoms with E-state index in [1.54, 1.807) is 13.3 Å². The van der Waals surface area contributed by atoms with Crippen LogP contribution in [0.3, 0.4) is 0 Å². The number of aliphatic hydroxyl groups excluding tert-OH is 3. The van der Waals surface area contributed by atoms with Crippen LogP contribution in [0.25, 0.3) is 10.9 Å². The first-order chi connectivity index (χ1) is 15.1. The van der Waals surface area contributed by atoms with Crippen molar-refractivity contribution in [2.24, 2.45) is 11.8 Å². The van der Waals surface area contributed by atoms with E-state index in [0.29, 0.717) is 24.9 Å². The number of nitrogens with one attached hydrogen (secondary N) is 1. The van der Waals surface area contributed by atoms with Crippen molar-refractivity contribution in [2.45, 2.75) is 25.0 Å². The Bertz CT molecular complexity index is 843. The van der Waals surface area contributed by atoms with Gasteiger partial charge in [0.25, 0.3) is 0 Å². The first-order valence-electron chi connectivity index (χ1n) is 11.0. The largest absolute Gasteiger partial charge is 0.497 e. The van der Waals surface area contributed by atoms with Crippen LogP contribution in [-0.4, -0.2) is 77.7 Å². The number of pyridine rings is 1. The molecule has 31 heavy (non-hydrogen) atoms. The van der Waals surface area contributed by atoms with E-state index in [1.807, 2.05) is 24.3 Å². The van der Waals surface area contributed by atoms with Crippen LogP contribution in [0.15, 0.2) is 43.1 Å². The van der Waals surface area contributed by atoms with Gasteiger partial charge < -0.3 is 25.4 Å². The smallest absolute Gasteiger partial charge is 0.119 e. The molecule has 2 aromatic rings. The molecule has 1 unspecified atom stereocenters. The van der Waals surface area contributed by atoms with E-state index >= 15 is 0 Å². The lowest BCUT2D eigenvalue weighted by Crippen LogP contribution is -2.54. The van der Waals surface area contributed by atoms with Crippen LogP contribution in [0.1, 0.15) is 24.5 Å². The number of hydrogen-bond acceptors (Lipinski definition) is 7. The zero-order valence-corrected chi connectivity index (χ0v) is 18.3. The molecule has 7 nitrogen and oxygen atoms in total.